The normalized spacial score (nSPS) is 21.9. The number of nitrogens with two attached hydrogens (primary N) is 1. The highest BCUT2D eigenvalue weighted by atomic mass is 32.1. The van der Waals surface area contributed by atoms with E-state index in [-0.39, 0.29) is 18.4 Å². The van der Waals surface area contributed by atoms with Gasteiger partial charge in [0.1, 0.15) is 6.04 Å². The van der Waals surface area contributed by atoms with E-state index in [1.54, 1.807) is 7.05 Å². The second-order valence-electron chi connectivity index (χ2n) is 2.90. The molecule has 0 aromatic carbocycles. The molecule has 1 heterocycles. The summed E-state index contributed by atoms with van der Waals surface area (Å²) in [5.41, 5.74) is 4.96. The van der Waals surface area contributed by atoms with E-state index in [9.17, 15) is 9.59 Å². The third-order valence-electron chi connectivity index (χ3n) is 1.91. The Hall–Kier alpha value is -1.17. The lowest BCUT2D eigenvalue weighted by atomic mass is 10.1. The third kappa shape index (κ3) is 2.15. The quantitative estimate of drug-likeness (QED) is 0.572. The summed E-state index contributed by atoms with van der Waals surface area (Å²) in [7, 11) is 1.60. The van der Waals surface area contributed by atoms with Crippen molar-refractivity contribution in [3.05, 3.63) is 0 Å². The summed E-state index contributed by atoms with van der Waals surface area (Å²) in [6, 6.07) is -0.384. The molecule has 1 fully saturated rings. The van der Waals surface area contributed by atoms with Crippen LogP contribution in [0.2, 0.25) is 0 Å². The fourth-order valence-corrected chi connectivity index (χ4v) is 1.36. The minimum Gasteiger partial charge on any atom is -0.370 e. The van der Waals surface area contributed by atoms with E-state index < -0.39 is 5.91 Å². The standard InChI is InChI=1S/C7H11N3O2S/c1-10-6(12)4(9-7(10)13)2-3-5(8)11/h4H,2-3H2,1H3,(H2,8,11)(H,9,13)/t4-/m1/s1. The van der Waals surface area contributed by atoms with Gasteiger partial charge in [-0.1, -0.05) is 0 Å². The van der Waals surface area contributed by atoms with Crippen LogP contribution >= 0.6 is 12.2 Å². The van der Waals surface area contributed by atoms with E-state index in [0.717, 1.165) is 0 Å². The van der Waals surface area contributed by atoms with Crippen LogP contribution in [0.3, 0.4) is 0 Å². The Labute approximate surface area is 81.3 Å². The molecular formula is C7H11N3O2S. The molecule has 0 aromatic heterocycles. The minimum atomic E-state index is -0.407. The highest BCUT2D eigenvalue weighted by Crippen LogP contribution is 2.08. The van der Waals surface area contributed by atoms with Crippen LogP contribution in [0, 0.1) is 0 Å². The van der Waals surface area contributed by atoms with Crippen molar-refractivity contribution in [3.63, 3.8) is 0 Å². The van der Waals surface area contributed by atoms with E-state index in [4.69, 9.17) is 18.0 Å². The van der Waals surface area contributed by atoms with Crippen LogP contribution in [0.15, 0.2) is 0 Å². The summed E-state index contributed by atoms with van der Waals surface area (Å²) in [6.45, 7) is 0. The number of carbonyl (C=O) groups is 2. The maximum Gasteiger partial charge on any atom is 0.251 e. The fraction of sp³-hybridized carbons (Fsp3) is 0.571. The molecule has 1 saturated heterocycles. The molecule has 0 radical (unpaired) electrons. The first-order valence-corrected chi connectivity index (χ1v) is 4.29. The fourth-order valence-electron chi connectivity index (χ4n) is 1.12. The second-order valence-corrected chi connectivity index (χ2v) is 3.29. The topological polar surface area (TPSA) is 75.4 Å². The molecule has 0 aromatic rings. The van der Waals surface area contributed by atoms with Crippen LogP contribution in [0.5, 0.6) is 0 Å². The summed E-state index contributed by atoms with van der Waals surface area (Å²) in [6.07, 6.45) is 0.596. The zero-order chi connectivity index (χ0) is 10.0. The number of nitrogens with zero attached hydrogens (tertiary/aromatic N) is 1. The Bertz CT molecular complexity index is 266. The largest absolute Gasteiger partial charge is 0.370 e. The van der Waals surface area contributed by atoms with Crippen molar-refractivity contribution in [2.75, 3.05) is 7.05 Å². The predicted octanol–water partition coefficient (Wildman–Crippen LogP) is -1.03. The maximum atomic E-state index is 11.4. The van der Waals surface area contributed by atoms with Crippen LogP contribution in [-0.2, 0) is 9.59 Å². The van der Waals surface area contributed by atoms with Gasteiger partial charge in [-0.15, -0.1) is 0 Å². The molecule has 1 aliphatic heterocycles. The molecule has 5 nitrogen and oxygen atoms in total. The number of hydrogen-bond donors (Lipinski definition) is 2. The van der Waals surface area contributed by atoms with Crippen LogP contribution < -0.4 is 11.1 Å². The Balaban J connectivity index is 2.49. The van der Waals surface area contributed by atoms with Gasteiger partial charge in [0, 0.05) is 13.5 Å². The number of primary amides is 1. The van der Waals surface area contributed by atoms with Crippen LogP contribution in [0.4, 0.5) is 0 Å². The Morgan fingerprint density at radius 3 is 2.77 bits per heavy atom. The lowest BCUT2D eigenvalue weighted by molar-refractivity contribution is -0.126. The van der Waals surface area contributed by atoms with Crippen molar-refractivity contribution >= 4 is 29.1 Å². The summed E-state index contributed by atoms with van der Waals surface area (Å²) in [4.78, 5) is 23.2. The second kappa shape index (κ2) is 3.69. The van der Waals surface area contributed by atoms with Crippen molar-refractivity contribution in [1.82, 2.24) is 10.2 Å². The molecule has 72 valence electrons. The molecule has 0 unspecified atom stereocenters. The molecule has 6 heteroatoms. The van der Waals surface area contributed by atoms with Crippen molar-refractivity contribution in [3.8, 4) is 0 Å². The molecule has 13 heavy (non-hydrogen) atoms. The van der Waals surface area contributed by atoms with Crippen molar-refractivity contribution in [2.24, 2.45) is 5.73 Å². The zero-order valence-electron chi connectivity index (χ0n) is 7.24. The van der Waals surface area contributed by atoms with Crippen LogP contribution in [0.1, 0.15) is 12.8 Å². The van der Waals surface area contributed by atoms with E-state index >= 15 is 0 Å². The minimum absolute atomic E-state index is 0.105. The highest BCUT2D eigenvalue weighted by Gasteiger charge is 2.32. The number of likely N-dealkylation sites (N-methyl/N-ethyl adjacent to an activating group) is 1. The first kappa shape index (κ1) is 9.91. The molecule has 0 aliphatic carbocycles. The third-order valence-corrected chi connectivity index (χ3v) is 2.30. The lowest BCUT2D eigenvalue weighted by Gasteiger charge is -2.05. The number of carbonyl (C=O) groups excluding carboxylic acids is 2. The average Bonchev–Trinajstić information content (AvgIpc) is 2.29. The van der Waals surface area contributed by atoms with Gasteiger partial charge in [-0.3, -0.25) is 14.5 Å². The first-order valence-electron chi connectivity index (χ1n) is 3.88. The maximum absolute atomic E-state index is 11.4. The number of nitrogens with one attached hydrogen (secondary N) is 1. The Morgan fingerprint density at radius 2 is 2.38 bits per heavy atom. The molecule has 1 rings (SSSR count). The van der Waals surface area contributed by atoms with Gasteiger partial charge in [-0.25, -0.2) is 0 Å². The van der Waals surface area contributed by atoms with Gasteiger partial charge in [0.05, 0.1) is 0 Å². The molecule has 0 spiro atoms. The van der Waals surface area contributed by atoms with Crippen LogP contribution in [0.25, 0.3) is 0 Å². The van der Waals surface area contributed by atoms with Gasteiger partial charge >= 0.3 is 0 Å². The molecule has 1 atom stereocenters. The van der Waals surface area contributed by atoms with Gasteiger partial charge in [-0.05, 0) is 18.6 Å². The van der Waals surface area contributed by atoms with Crippen molar-refractivity contribution in [1.29, 1.82) is 0 Å². The summed E-state index contributed by atoms with van der Waals surface area (Å²) < 4.78 is 0. The molecule has 3 N–H and O–H groups in total. The number of thiocarbonyl (C=S) groups is 1. The number of rotatable bonds is 3. The number of amides is 2. The Kier molecular flexibility index (Phi) is 2.82. The molecular weight excluding hydrogens is 190 g/mol. The summed E-state index contributed by atoms with van der Waals surface area (Å²) in [5.74, 6) is -0.513. The first-order chi connectivity index (χ1) is 6.02. The van der Waals surface area contributed by atoms with Gasteiger partial charge < -0.3 is 11.1 Å². The highest BCUT2D eigenvalue weighted by molar-refractivity contribution is 7.80. The molecule has 2 amide bonds. The van der Waals surface area contributed by atoms with E-state index in [1.807, 2.05) is 0 Å². The molecule has 1 aliphatic rings. The van der Waals surface area contributed by atoms with Gasteiger partial charge in [0.2, 0.25) is 5.91 Å². The zero-order valence-corrected chi connectivity index (χ0v) is 8.06. The van der Waals surface area contributed by atoms with Crippen LogP contribution in [-0.4, -0.2) is 34.9 Å². The molecule has 0 saturated carbocycles. The number of hydrogen-bond acceptors (Lipinski definition) is 3. The van der Waals surface area contributed by atoms with E-state index in [2.05, 4.69) is 5.32 Å². The van der Waals surface area contributed by atoms with Gasteiger partial charge in [0.25, 0.3) is 5.91 Å². The van der Waals surface area contributed by atoms with E-state index in [1.165, 1.54) is 4.90 Å². The lowest BCUT2D eigenvalue weighted by Crippen LogP contribution is -2.30. The SMILES string of the molecule is CN1C(=O)[C@@H](CCC(N)=O)NC1=S. The predicted molar refractivity (Wildman–Crippen MR) is 50.7 cm³/mol. The summed E-state index contributed by atoms with van der Waals surface area (Å²) in [5, 5.41) is 3.21. The van der Waals surface area contributed by atoms with E-state index in [0.29, 0.717) is 11.5 Å². The van der Waals surface area contributed by atoms with Crippen molar-refractivity contribution in [2.45, 2.75) is 18.9 Å². The average molecular weight is 201 g/mol. The van der Waals surface area contributed by atoms with Crippen molar-refractivity contribution < 1.29 is 9.59 Å². The molecule has 0 bridgehead atoms. The smallest absolute Gasteiger partial charge is 0.251 e. The monoisotopic (exact) mass is 201 g/mol. The summed E-state index contributed by atoms with van der Waals surface area (Å²) >= 11 is 4.85. The van der Waals surface area contributed by atoms with Gasteiger partial charge in [0.15, 0.2) is 5.11 Å². The van der Waals surface area contributed by atoms with Gasteiger partial charge in [-0.2, -0.15) is 0 Å². The Morgan fingerprint density at radius 1 is 1.77 bits per heavy atom.